The Morgan fingerprint density at radius 1 is 0.929 bits per heavy atom. The minimum Gasteiger partial charge on any atom is -0.340 e. The van der Waals surface area contributed by atoms with E-state index in [1.807, 2.05) is 34.6 Å². The molecule has 2 aliphatic heterocycles. The monoisotopic (exact) mass is 589 g/mol. The number of aryl methyl sites for hydroxylation is 2. The number of fused-ring (bicyclic) bond motifs is 1. The van der Waals surface area contributed by atoms with Crippen molar-refractivity contribution in [1.82, 2.24) is 23.6 Å². The summed E-state index contributed by atoms with van der Waals surface area (Å²) in [5, 5.41) is 0.506. The second-order valence-corrected chi connectivity index (χ2v) is 11.5. The van der Waals surface area contributed by atoms with Gasteiger partial charge >= 0.3 is 5.69 Å². The fourth-order valence-corrected chi connectivity index (χ4v) is 6.22. The van der Waals surface area contributed by atoms with Gasteiger partial charge in [0.25, 0.3) is 11.5 Å². The summed E-state index contributed by atoms with van der Waals surface area (Å²) in [5.41, 5.74) is 3.19. The lowest BCUT2D eigenvalue weighted by Gasteiger charge is -2.37. The van der Waals surface area contributed by atoms with Gasteiger partial charge in [-0.25, -0.2) is 9.69 Å². The highest BCUT2D eigenvalue weighted by Crippen LogP contribution is 2.32. The number of anilines is 2. The maximum atomic E-state index is 13.5. The molecule has 42 heavy (non-hydrogen) atoms. The molecule has 1 atom stereocenters. The van der Waals surface area contributed by atoms with Gasteiger partial charge in [-0.3, -0.25) is 33.0 Å². The van der Waals surface area contributed by atoms with Crippen LogP contribution in [0.25, 0.3) is 11.2 Å². The molecule has 4 heterocycles. The fourth-order valence-electron chi connectivity index (χ4n) is 6.05. The first-order valence-corrected chi connectivity index (χ1v) is 14.3. The van der Waals surface area contributed by atoms with Crippen molar-refractivity contribution in [2.75, 3.05) is 36.0 Å². The average Bonchev–Trinajstić information content (AvgIpc) is 3.49. The first kappa shape index (κ1) is 27.9. The standard InChI is InChI=1S/C30H32ClN7O4/c1-18-7-5-8-20(15-18)17-37-25-26(33(3)30(42)34(4)28(25)41)32-29(37)36-13-11-35(12-14-36)23-16-24(39)38(27(23)40)22-10-6-9-21(31)19(22)2/h5-10,15,23H,11-14,16-17H2,1-4H3. The van der Waals surface area contributed by atoms with E-state index in [0.29, 0.717) is 66.1 Å². The van der Waals surface area contributed by atoms with Crippen LogP contribution in [0.3, 0.4) is 0 Å². The van der Waals surface area contributed by atoms with Crippen molar-refractivity contribution >= 4 is 46.2 Å². The van der Waals surface area contributed by atoms with Crippen molar-refractivity contribution in [1.29, 1.82) is 0 Å². The molecule has 12 heteroatoms. The number of amides is 2. The van der Waals surface area contributed by atoms with Crippen LogP contribution in [0.5, 0.6) is 0 Å². The lowest BCUT2D eigenvalue weighted by molar-refractivity contribution is -0.123. The Balaban J connectivity index is 1.30. The Bertz CT molecular complexity index is 1870. The first-order chi connectivity index (χ1) is 20.1. The van der Waals surface area contributed by atoms with Crippen molar-refractivity contribution in [2.45, 2.75) is 32.9 Å². The molecular weight excluding hydrogens is 558 g/mol. The molecule has 2 aromatic carbocycles. The summed E-state index contributed by atoms with van der Waals surface area (Å²) >= 11 is 6.27. The first-order valence-electron chi connectivity index (χ1n) is 13.9. The average molecular weight is 590 g/mol. The summed E-state index contributed by atoms with van der Waals surface area (Å²) in [6.45, 7) is 6.33. The van der Waals surface area contributed by atoms with Crippen LogP contribution >= 0.6 is 11.6 Å². The minimum atomic E-state index is -0.558. The van der Waals surface area contributed by atoms with E-state index in [9.17, 15) is 19.2 Å². The van der Waals surface area contributed by atoms with Crippen molar-refractivity contribution in [3.8, 4) is 0 Å². The number of carbonyl (C=O) groups excluding carboxylic acids is 2. The molecule has 0 N–H and O–H groups in total. The molecule has 4 aromatic rings. The lowest BCUT2D eigenvalue weighted by Crippen LogP contribution is -2.53. The number of halogens is 1. The van der Waals surface area contributed by atoms with E-state index in [4.69, 9.17) is 16.6 Å². The SMILES string of the molecule is Cc1cccc(Cn2c(N3CCN(C4CC(=O)N(c5cccc(Cl)c5C)C4=O)CC3)nc3c2c(=O)n(C)c(=O)n3C)c1. The molecular formula is C30H32ClN7O4. The zero-order chi connectivity index (χ0) is 29.9. The van der Waals surface area contributed by atoms with Gasteiger partial charge in [-0.1, -0.05) is 47.5 Å². The molecule has 6 rings (SSSR count). The fraction of sp³-hybridized carbons (Fsp3) is 0.367. The summed E-state index contributed by atoms with van der Waals surface area (Å²) in [5.74, 6) is 0.105. The Labute approximate surface area is 247 Å². The largest absolute Gasteiger partial charge is 0.340 e. The second-order valence-electron chi connectivity index (χ2n) is 11.1. The summed E-state index contributed by atoms with van der Waals surface area (Å²) in [6, 6.07) is 12.7. The van der Waals surface area contributed by atoms with Gasteiger partial charge in [-0.15, -0.1) is 0 Å². The quantitative estimate of drug-likeness (QED) is 0.329. The number of aromatic nitrogens is 4. The van der Waals surface area contributed by atoms with Crippen molar-refractivity contribution in [2.24, 2.45) is 14.1 Å². The van der Waals surface area contributed by atoms with E-state index in [1.165, 1.54) is 16.5 Å². The summed E-state index contributed by atoms with van der Waals surface area (Å²) in [6.07, 6.45) is 0.106. The van der Waals surface area contributed by atoms with Crippen molar-refractivity contribution in [3.05, 3.63) is 85.0 Å². The van der Waals surface area contributed by atoms with Gasteiger partial charge < -0.3 is 4.90 Å². The topological polar surface area (TPSA) is 106 Å². The highest BCUT2D eigenvalue weighted by molar-refractivity contribution is 6.32. The number of imide groups is 1. The molecule has 2 amide bonds. The number of piperazine rings is 1. The number of benzene rings is 2. The van der Waals surface area contributed by atoms with Gasteiger partial charge in [0.05, 0.1) is 24.7 Å². The number of imidazole rings is 1. The molecule has 218 valence electrons. The van der Waals surface area contributed by atoms with Crippen LogP contribution in [0.2, 0.25) is 5.02 Å². The van der Waals surface area contributed by atoms with Gasteiger partial charge in [0, 0.05) is 45.3 Å². The maximum Gasteiger partial charge on any atom is 0.332 e. The summed E-state index contributed by atoms with van der Waals surface area (Å²) < 4.78 is 4.39. The zero-order valence-electron chi connectivity index (χ0n) is 24.0. The van der Waals surface area contributed by atoms with Gasteiger partial charge in [-0.05, 0) is 37.1 Å². The molecule has 11 nitrogen and oxygen atoms in total. The van der Waals surface area contributed by atoms with Crippen LogP contribution in [0.4, 0.5) is 11.6 Å². The number of hydrogen-bond donors (Lipinski definition) is 0. The Morgan fingerprint density at radius 2 is 1.64 bits per heavy atom. The van der Waals surface area contributed by atoms with Crippen LogP contribution in [0.15, 0.2) is 52.1 Å². The van der Waals surface area contributed by atoms with Crippen LogP contribution in [-0.2, 0) is 30.2 Å². The lowest BCUT2D eigenvalue weighted by atomic mass is 10.1. The Hall–Kier alpha value is -4.22. The Kier molecular flexibility index (Phi) is 7.02. The molecule has 0 bridgehead atoms. The second kappa shape index (κ2) is 10.6. The van der Waals surface area contributed by atoms with Crippen LogP contribution in [0.1, 0.15) is 23.1 Å². The van der Waals surface area contributed by atoms with Gasteiger partial charge in [0.2, 0.25) is 11.9 Å². The third-order valence-electron chi connectivity index (χ3n) is 8.39. The van der Waals surface area contributed by atoms with Crippen molar-refractivity contribution in [3.63, 3.8) is 0 Å². The molecule has 2 saturated heterocycles. The molecule has 0 aliphatic carbocycles. The molecule has 0 spiro atoms. The third-order valence-corrected chi connectivity index (χ3v) is 8.80. The smallest absolute Gasteiger partial charge is 0.332 e. The highest BCUT2D eigenvalue weighted by Gasteiger charge is 2.44. The van der Waals surface area contributed by atoms with E-state index >= 15 is 0 Å². The Morgan fingerprint density at radius 3 is 2.36 bits per heavy atom. The van der Waals surface area contributed by atoms with E-state index in [0.717, 1.165) is 15.7 Å². The number of nitrogens with zero attached hydrogens (tertiary/aromatic N) is 7. The summed E-state index contributed by atoms with van der Waals surface area (Å²) in [7, 11) is 3.09. The van der Waals surface area contributed by atoms with Gasteiger partial charge in [0.1, 0.15) is 0 Å². The summed E-state index contributed by atoms with van der Waals surface area (Å²) in [4.78, 5) is 62.7. The molecule has 0 radical (unpaired) electrons. The molecule has 1 unspecified atom stereocenters. The molecule has 2 fully saturated rings. The predicted octanol–water partition coefficient (Wildman–Crippen LogP) is 2.21. The van der Waals surface area contributed by atoms with Gasteiger partial charge in [-0.2, -0.15) is 4.98 Å². The van der Waals surface area contributed by atoms with E-state index < -0.39 is 17.3 Å². The van der Waals surface area contributed by atoms with E-state index in [2.05, 4.69) is 11.0 Å². The zero-order valence-corrected chi connectivity index (χ0v) is 24.8. The van der Waals surface area contributed by atoms with Crippen LogP contribution < -0.4 is 21.0 Å². The maximum absolute atomic E-state index is 13.5. The molecule has 0 saturated carbocycles. The molecule has 2 aromatic heterocycles. The minimum absolute atomic E-state index is 0.106. The van der Waals surface area contributed by atoms with E-state index in [-0.39, 0.29) is 18.2 Å². The number of rotatable bonds is 5. The van der Waals surface area contributed by atoms with Gasteiger partial charge in [0.15, 0.2) is 11.2 Å². The normalized spacial score (nSPS) is 18.1. The van der Waals surface area contributed by atoms with Crippen LogP contribution in [-0.4, -0.2) is 67.6 Å². The molecule has 2 aliphatic rings. The number of carbonyl (C=O) groups is 2. The number of hydrogen-bond acceptors (Lipinski definition) is 7. The van der Waals surface area contributed by atoms with Crippen LogP contribution in [0, 0.1) is 13.8 Å². The van der Waals surface area contributed by atoms with Crippen molar-refractivity contribution < 1.29 is 9.59 Å². The third kappa shape index (κ3) is 4.53. The highest BCUT2D eigenvalue weighted by atomic mass is 35.5. The predicted molar refractivity (Wildman–Crippen MR) is 161 cm³/mol. The van der Waals surface area contributed by atoms with E-state index in [1.54, 1.807) is 32.2 Å².